The lowest BCUT2D eigenvalue weighted by molar-refractivity contribution is 0.502. The molecule has 15 heavy (non-hydrogen) atoms. The first-order chi connectivity index (χ1) is 7.24. The Bertz CT molecular complexity index is 295. The summed E-state index contributed by atoms with van der Waals surface area (Å²) in [5.41, 5.74) is 2.28. The average Bonchev–Trinajstić information content (AvgIpc) is 2.25. The lowest BCUT2D eigenvalue weighted by Crippen LogP contribution is -2.21. The zero-order valence-corrected chi connectivity index (χ0v) is 9.53. The molecule has 1 unspecified atom stereocenters. The molecule has 1 rings (SSSR count). The lowest BCUT2D eigenvalue weighted by atomic mass is 10.0. The zero-order chi connectivity index (χ0) is 11.1. The fourth-order valence-electron chi connectivity index (χ4n) is 1.50. The molecule has 0 aliphatic rings. The number of hydrogen-bond acceptors (Lipinski definition) is 3. The van der Waals surface area contributed by atoms with Crippen molar-refractivity contribution in [3.05, 3.63) is 36.4 Å². The smallest absolute Gasteiger partial charge is 0.115 e. The quantitative estimate of drug-likeness (QED) is 0.725. The molecule has 0 saturated heterocycles. The first kappa shape index (κ1) is 11.9. The third-order valence-electron chi connectivity index (χ3n) is 2.27. The van der Waals surface area contributed by atoms with Crippen LogP contribution in [-0.2, 0) is 0 Å². The minimum absolute atomic E-state index is 0.315. The van der Waals surface area contributed by atoms with Gasteiger partial charge in [0.1, 0.15) is 6.33 Å². The molecule has 1 atom stereocenters. The molecule has 1 aromatic heterocycles. The van der Waals surface area contributed by atoms with Gasteiger partial charge in [0, 0.05) is 12.2 Å². The van der Waals surface area contributed by atoms with Gasteiger partial charge in [0.05, 0.1) is 5.69 Å². The maximum Gasteiger partial charge on any atom is 0.115 e. The van der Waals surface area contributed by atoms with Gasteiger partial charge in [0.25, 0.3) is 0 Å². The van der Waals surface area contributed by atoms with Crippen molar-refractivity contribution in [2.24, 2.45) is 0 Å². The molecule has 1 heterocycles. The van der Waals surface area contributed by atoms with Crippen LogP contribution in [0.4, 0.5) is 0 Å². The van der Waals surface area contributed by atoms with Gasteiger partial charge in [-0.05, 0) is 32.4 Å². The van der Waals surface area contributed by atoms with Crippen LogP contribution < -0.4 is 5.32 Å². The molecule has 0 aliphatic carbocycles. The Morgan fingerprint density at radius 2 is 2.40 bits per heavy atom. The Morgan fingerprint density at radius 1 is 1.60 bits per heavy atom. The molecule has 0 saturated carbocycles. The molecule has 0 fully saturated rings. The predicted octanol–water partition coefficient (Wildman–Crippen LogP) is 2.48. The van der Waals surface area contributed by atoms with Crippen LogP contribution in [0.1, 0.15) is 38.4 Å². The summed E-state index contributed by atoms with van der Waals surface area (Å²) in [6.45, 7) is 9.03. The van der Waals surface area contributed by atoms with E-state index in [1.54, 1.807) is 12.5 Å². The van der Waals surface area contributed by atoms with Crippen molar-refractivity contribution < 1.29 is 0 Å². The topological polar surface area (TPSA) is 37.8 Å². The molecule has 3 heteroatoms. The monoisotopic (exact) mass is 205 g/mol. The summed E-state index contributed by atoms with van der Waals surface area (Å²) in [6.07, 6.45) is 5.45. The molecule has 0 bridgehead atoms. The van der Waals surface area contributed by atoms with Crippen LogP contribution in [-0.4, -0.2) is 16.5 Å². The predicted molar refractivity (Wildman–Crippen MR) is 62.5 cm³/mol. The molecule has 0 aliphatic heterocycles. The van der Waals surface area contributed by atoms with Gasteiger partial charge in [0.2, 0.25) is 0 Å². The van der Waals surface area contributed by atoms with E-state index in [4.69, 9.17) is 0 Å². The van der Waals surface area contributed by atoms with Crippen molar-refractivity contribution in [2.45, 2.75) is 32.7 Å². The summed E-state index contributed by atoms with van der Waals surface area (Å²) < 4.78 is 0. The van der Waals surface area contributed by atoms with Crippen molar-refractivity contribution in [1.82, 2.24) is 15.3 Å². The van der Waals surface area contributed by atoms with Gasteiger partial charge in [-0.1, -0.05) is 12.5 Å². The molecule has 82 valence electrons. The minimum Gasteiger partial charge on any atom is -0.309 e. The molecule has 0 amide bonds. The fourth-order valence-corrected chi connectivity index (χ4v) is 1.50. The van der Waals surface area contributed by atoms with Crippen LogP contribution in [0.5, 0.6) is 0 Å². The highest BCUT2D eigenvalue weighted by Crippen LogP contribution is 2.17. The van der Waals surface area contributed by atoms with Crippen molar-refractivity contribution in [3.63, 3.8) is 0 Å². The van der Waals surface area contributed by atoms with Crippen molar-refractivity contribution in [2.75, 3.05) is 6.54 Å². The van der Waals surface area contributed by atoms with E-state index in [0.29, 0.717) is 6.04 Å². The van der Waals surface area contributed by atoms with Gasteiger partial charge in [-0.25, -0.2) is 9.97 Å². The van der Waals surface area contributed by atoms with Crippen LogP contribution in [0.15, 0.2) is 30.7 Å². The fraction of sp³-hybridized carbons (Fsp3) is 0.500. The zero-order valence-electron chi connectivity index (χ0n) is 9.53. The van der Waals surface area contributed by atoms with Gasteiger partial charge in [-0.2, -0.15) is 0 Å². The van der Waals surface area contributed by atoms with Crippen LogP contribution in [0.3, 0.4) is 0 Å². The number of rotatable bonds is 6. The molecular formula is C12H19N3. The summed E-state index contributed by atoms with van der Waals surface area (Å²) in [6, 6.07) is 2.28. The second kappa shape index (κ2) is 6.30. The second-order valence-corrected chi connectivity index (χ2v) is 3.74. The first-order valence-electron chi connectivity index (χ1n) is 5.37. The Morgan fingerprint density at radius 3 is 2.93 bits per heavy atom. The van der Waals surface area contributed by atoms with Crippen LogP contribution in [0.25, 0.3) is 0 Å². The molecule has 3 nitrogen and oxygen atoms in total. The van der Waals surface area contributed by atoms with E-state index >= 15 is 0 Å². The molecule has 1 aromatic rings. The average molecular weight is 205 g/mol. The normalized spacial score (nSPS) is 12.4. The largest absolute Gasteiger partial charge is 0.309 e. The maximum absolute atomic E-state index is 4.27. The van der Waals surface area contributed by atoms with E-state index in [9.17, 15) is 0 Å². The molecule has 0 aromatic carbocycles. The number of hydrogen-bond donors (Lipinski definition) is 1. The second-order valence-electron chi connectivity index (χ2n) is 3.74. The van der Waals surface area contributed by atoms with Crippen molar-refractivity contribution in [1.29, 1.82) is 0 Å². The van der Waals surface area contributed by atoms with E-state index in [2.05, 4.69) is 35.7 Å². The summed E-state index contributed by atoms with van der Waals surface area (Å²) in [5, 5.41) is 3.42. The number of nitrogens with one attached hydrogen (secondary N) is 1. The van der Waals surface area contributed by atoms with E-state index in [0.717, 1.165) is 25.1 Å². The van der Waals surface area contributed by atoms with E-state index in [1.807, 2.05) is 6.07 Å². The highest BCUT2D eigenvalue weighted by atomic mass is 14.9. The summed E-state index contributed by atoms with van der Waals surface area (Å²) in [7, 11) is 0. The van der Waals surface area contributed by atoms with E-state index < -0.39 is 0 Å². The van der Waals surface area contributed by atoms with Crippen LogP contribution in [0, 0.1) is 0 Å². The summed E-state index contributed by atoms with van der Waals surface area (Å²) in [5.74, 6) is 0. The third kappa shape index (κ3) is 4.21. The Hall–Kier alpha value is -1.22. The maximum atomic E-state index is 4.27. The minimum atomic E-state index is 0.315. The highest BCUT2D eigenvalue weighted by Gasteiger charge is 2.10. The van der Waals surface area contributed by atoms with Crippen LogP contribution >= 0.6 is 0 Å². The SMILES string of the molecule is C=C(C)CCC(NCC)c1ccncn1. The third-order valence-corrected chi connectivity index (χ3v) is 2.27. The summed E-state index contributed by atoms with van der Waals surface area (Å²) in [4.78, 5) is 8.20. The molecule has 0 spiro atoms. The Balaban J connectivity index is 2.61. The Labute approximate surface area is 91.7 Å². The van der Waals surface area contributed by atoms with Gasteiger partial charge in [-0.15, -0.1) is 6.58 Å². The van der Waals surface area contributed by atoms with Gasteiger partial charge in [-0.3, -0.25) is 0 Å². The van der Waals surface area contributed by atoms with Crippen LogP contribution in [0.2, 0.25) is 0 Å². The lowest BCUT2D eigenvalue weighted by Gasteiger charge is -2.16. The summed E-state index contributed by atoms with van der Waals surface area (Å²) >= 11 is 0. The number of allylic oxidation sites excluding steroid dienone is 1. The van der Waals surface area contributed by atoms with E-state index in [-0.39, 0.29) is 0 Å². The highest BCUT2D eigenvalue weighted by molar-refractivity contribution is 5.05. The Kier molecular flexibility index (Phi) is 4.98. The molecular weight excluding hydrogens is 186 g/mol. The molecule has 0 radical (unpaired) electrons. The van der Waals surface area contributed by atoms with Gasteiger partial charge in [0.15, 0.2) is 0 Å². The van der Waals surface area contributed by atoms with Crippen molar-refractivity contribution >= 4 is 0 Å². The van der Waals surface area contributed by atoms with E-state index in [1.165, 1.54) is 5.57 Å². The standard InChI is InChI=1S/C12H19N3/c1-4-14-11(6-5-10(2)3)12-7-8-13-9-15-12/h7-9,11,14H,2,4-6H2,1,3H3. The van der Waals surface area contributed by atoms with Crippen molar-refractivity contribution in [3.8, 4) is 0 Å². The number of nitrogens with zero attached hydrogens (tertiary/aromatic N) is 2. The number of aromatic nitrogens is 2. The first-order valence-corrected chi connectivity index (χ1v) is 5.37. The van der Waals surface area contributed by atoms with Gasteiger partial charge >= 0.3 is 0 Å². The van der Waals surface area contributed by atoms with Gasteiger partial charge < -0.3 is 5.32 Å². The molecule has 1 N–H and O–H groups in total.